The lowest BCUT2D eigenvalue weighted by atomic mass is 9.33. The predicted molar refractivity (Wildman–Crippen MR) is 172 cm³/mol. The predicted octanol–water partition coefficient (Wildman–Crippen LogP) is 8.87. The van der Waals surface area contributed by atoms with Gasteiger partial charge in [-0.15, -0.1) is 0 Å². The second-order valence-electron chi connectivity index (χ2n) is 16.5. The van der Waals surface area contributed by atoms with Gasteiger partial charge in [-0.05, 0) is 109 Å². The Morgan fingerprint density at radius 3 is 2.30 bits per heavy atom. The second-order valence-corrected chi connectivity index (χ2v) is 16.5. The summed E-state index contributed by atoms with van der Waals surface area (Å²) in [6, 6.07) is 5.67. The van der Waals surface area contributed by atoms with Crippen LogP contribution in [-0.4, -0.2) is 25.9 Å². The highest BCUT2D eigenvalue weighted by Gasteiger charge is 2.69. The van der Waals surface area contributed by atoms with Gasteiger partial charge in [-0.3, -0.25) is 9.59 Å². The molecule has 0 saturated heterocycles. The van der Waals surface area contributed by atoms with E-state index in [1.807, 2.05) is 18.2 Å². The number of ketones is 1. The number of allylic oxidation sites excluding steroid dienone is 2. The first kappa shape index (κ1) is 30.7. The van der Waals surface area contributed by atoms with Crippen molar-refractivity contribution in [1.82, 2.24) is 0 Å². The van der Waals surface area contributed by atoms with E-state index in [-0.39, 0.29) is 33.5 Å². The summed E-state index contributed by atoms with van der Waals surface area (Å²) in [6.07, 6.45) is 11.7. The Labute approximate surface area is 259 Å². The summed E-state index contributed by atoms with van der Waals surface area (Å²) in [5.74, 6) is 4.18. The Morgan fingerprint density at radius 2 is 1.60 bits per heavy atom. The molecule has 5 nitrogen and oxygen atoms in total. The van der Waals surface area contributed by atoms with Crippen molar-refractivity contribution >= 4 is 17.4 Å². The van der Waals surface area contributed by atoms with E-state index in [2.05, 4.69) is 59.9 Å². The Kier molecular flexibility index (Phi) is 7.22. The van der Waals surface area contributed by atoms with Gasteiger partial charge in [0, 0.05) is 23.6 Å². The van der Waals surface area contributed by atoms with E-state index in [0.717, 1.165) is 57.1 Å². The summed E-state index contributed by atoms with van der Waals surface area (Å²) in [5, 5.41) is 3.36. The molecule has 4 fully saturated rings. The summed E-state index contributed by atoms with van der Waals surface area (Å²) in [7, 11) is 3.27. The van der Waals surface area contributed by atoms with Gasteiger partial charge in [-0.2, -0.15) is 0 Å². The molecular formula is C38H55NO4. The topological polar surface area (TPSA) is 64.6 Å². The molecule has 0 aromatic heterocycles. The summed E-state index contributed by atoms with van der Waals surface area (Å²) < 4.78 is 11.0. The van der Waals surface area contributed by atoms with E-state index in [0.29, 0.717) is 41.0 Å². The molecule has 1 amide bonds. The number of hydrogen-bond acceptors (Lipinski definition) is 4. The molecule has 1 aromatic rings. The minimum atomic E-state index is -0.409. The smallest absolute Gasteiger partial charge is 0.231 e. The van der Waals surface area contributed by atoms with Gasteiger partial charge in [0.2, 0.25) is 5.91 Å². The minimum absolute atomic E-state index is 0.0542. The molecule has 0 spiro atoms. The fourth-order valence-corrected chi connectivity index (χ4v) is 11.8. The van der Waals surface area contributed by atoms with Crippen molar-refractivity contribution in [2.45, 2.75) is 106 Å². The number of carbonyl (C=O) groups is 2. The normalized spacial score (nSPS) is 43.2. The molecule has 5 aliphatic carbocycles. The third-order valence-electron chi connectivity index (χ3n) is 14.8. The molecule has 0 radical (unpaired) electrons. The number of rotatable bonds is 4. The zero-order valence-electron chi connectivity index (χ0n) is 28.2. The van der Waals surface area contributed by atoms with Crippen LogP contribution in [0.25, 0.3) is 0 Å². The maximum Gasteiger partial charge on any atom is 0.231 e. The molecule has 6 rings (SSSR count). The number of anilines is 1. The first-order valence-electron chi connectivity index (χ1n) is 17.0. The molecule has 0 aliphatic heterocycles. The van der Waals surface area contributed by atoms with Crippen LogP contribution in [0.2, 0.25) is 0 Å². The third-order valence-corrected chi connectivity index (χ3v) is 14.8. The van der Waals surface area contributed by atoms with Gasteiger partial charge in [0.1, 0.15) is 5.78 Å². The number of amides is 1. The lowest BCUT2D eigenvalue weighted by molar-refractivity contribution is -0.186. The van der Waals surface area contributed by atoms with Crippen molar-refractivity contribution in [3.8, 4) is 11.5 Å². The summed E-state index contributed by atoms with van der Waals surface area (Å²) in [5.41, 5.74) is 2.07. The van der Waals surface area contributed by atoms with Crippen molar-refractivity contribution in [1.29, 1.82) is 0 Å². The summed E-state index contributed by atoms with van der Waals surface area (Å²) >= 11 is 0. The van der Waals surface area contributed by atoms with Gasteiger partial charge in [0.05, 0.1) is 19.6 Å². The molecule has 43 heavy (non-hydrogen) atoms. The fraction of sp³-hybridized carbons (Fsp3) is 0.737. The molecule has 0 bridgehead atoms. The highest BCUT2D eigenvalue weighted by molar-refractivity contribution is 5.96. The second kappa shape index (κ2) is 10.1. The fourth-order valence-electron chi connectivity index (χ4n) is 11.8. The van der Waals surface area contributed by atoms with Crippen LogP contribution in [0.15, 0.2) is 29.8 Å². The van der Waals surface area contributed by atoms with Crippen LogP contribution in [0.5, 0.6) is 11.5 Å². The Bertz CT molecular complexity index is 1350. The van der Waals surface area contributed by atoms with Crippen LogP contribution in [0.3, 0.4) is 0 Å². The van der Waals surface area contributed by atoms with Crippen molar-refractivity contribution in [2.24, 2.45) is 56.7 Å². The molecule has 0 unspecified atom stereocenters. The maximum atomic E-state index is 14.6. The lowest BCUT2D eigenvalue weighted by Crippen LogP contribution is -2.65. The number of methoxy groups -OCH3 is 2. The van der Waals surface area contributed by atoms with Crippen molar-refractivity contribution in [2.75, 3.05) is 19.5 Å². The first-order valence-corrected chi connectivity index (χ1v) is 17.0. The quantitative estimate of drug-likeness (QED) is 0.356. The number of carbonyl (C=O) groups excluding carboxylic acids is 2. The molecule has 0 heterocycles. The highest BCUT2D eigenvalue weighted by atomic mass is 16.5. The Hall–Kier alpha value is -2.30. The monoisotopic (exact) mass is 589 g/mol. The number of Topliss-reactive ketones (excluding diaryl/α,β-unsaturated/α-hetero) is 1. The van der Waals surface area contributed by atoms with Crippen molar-refractivity contribution < 1.29 is 19.1 Å². The first-order chi connectivity index (χ1) is 20.2. The average Bonchev–Trinajstić information content (AvgIpc) is 2.97. The van der Waals surface area contributed by atoms with Crippen molar-refractivity contribution in [3.63, 3.8) is 0 Å². The lowest BCUT2D eigenvalue weighted by Gasteiger charge is -2.71. The number of ether oxygens (including phenoxy) is 2. The molecule has 9 atom stereocenters. The summed E-state index contributed by atoms with van der Waals surface area (Å²) in [6.45, 7) is 17.0. The van der Waals surface area contributed by atoms with Crippen LogP contribution < -0.4 is 14.8 Å². The highest BCUT2D eigenvalue weighted by Crippen LogP contribution is 2.75. The van der Waals surface area contributed by atoms with Crippen LogP contribution in [0, 0.1) is 56.7 Å². The number of benzene rings is 1. The number of fused-ring (bicyclic) bond motifs is 7. The number of nitrogens with one attached hydrogen (secondary N) is 1. The molecular weight excluding hydrogens is 534 g/mol. The molecule has 1 N–H and O–H groups in total. The van der Waals surface area contributed by atoms with Gasteiger partial charge in [-0.25, -0.2) is 0 Å². The van der Waals surface area contributed by atoms with E-state index < -0.39 is 5.41 Å². The van der Waals surface area contributed by atoms with Gasteiger partial charge < -0.3 is 14.8 Å². The van der Waals surface area contributed by atoms with E-state index in [1.165, 1.54) is 6.42 Å². The van der Waals surface area contributed by atoms with Gasteiger partial charge in [-0.1, -0.05) is 60.1 Å². The average molecular weight is 590 g/mol. The van der Waals surface area contributed by atoms with Gasteiger partial charge in [0.25, 0.3) is 0 Å². The number of hydrogen-bond donors (Lipinski definition) is 1. The molecule has 5 aliphatic rings. The molecule has 5 heteroatoms. The SMILES string of the molecule is COc1ccc(NC(=O)[C@]23CC[C@@H](C)[C@H](C)[C@H]2C2=CC[C@@H]4[C@@]5(C)CCC(=O)C(C)(C)[C@@H]5CC[C@@]4(C)[C@]2(C)CC3)cc1OC. The zero-order valence-corrected chi connectivity index (χ0v) is 28.2. The molecule has 1 aromatic carbocycles. The van der Waals surface area contributed by atoms with E-state index >= 15 is 0 Å². The van der Waals surface area contributed by atoms with Crippen LogP contribution in [-0.2, 0) is 9.59 Å². The van der Waals surface area contributed by atoms with Crippen LogP contribution >= 0.6 is 0 Å². The summed E-state index contributed by atoms with van der Waals surface area (Å²) in [4.78, 5) is 27.7. The van der Waals surface area contributed by atoms with Gasteiger partial charge in [0.15, 0.2) is 11.5 Å². The van der Waals surface area contributed by atoms with Crippen LogP contribution in [0.4, 0.5) is 5.69 Å². The van der Waals surface area contributed by atoms with Gasteiger partial charge >= 0.3 is 0 Å². The van der Waals surface area contributed by atoms with E-state index in [4.69, 9.17) is 9.47 Å². The molecule has 236 valence electrons. The Balaban J connectivity index is 1.39. The van der Waals surface area contributed by atoms with Crippen LogP contribution in [0.1, 0.15) is 106 Å². The zero-order chi connectivity index (χ0) is 31.2. The minimum Gasteiger partial charge on any atom is -0.493 e. The van der Waals surface area contributed by atoms with Crippen molar-refractivity contribution in [3.05, 3.63) is 29.8 Å². The van der Waals surface area contributed by atoms with E-state index in [1.54, 1.807) is 19.8 Å². The third kappa shape index (κ3) is 4.07. The Morgan fingerprint density at radius 1 is 0.884 bits per heavy atom. The standard InChI is InChI=1S/C38H55NO4/c1-23-14-19-38(33(41)39-25-10-12-27(42-8)28(22-25)43-9)21-20-36(6)26(32(38)24(23)2)11-13-30-35(5)17-16-31(40)34(3,4)29(35)15-18-37(30,36)7/h10-12,22-24,29-30,32H,13-21H2,1-9H3,(H,39,41)/t23-,24+,29+,30-,32+,35+,36-,37-,38+/m1/s1. The van der Waals surface area contributed by atoms with E-state index in [9.17, 15) is 9.59 Å². The molecule has 4 saturated carbocycles. The largest absolute Gasteiger partial charge is 0.493 e. The maximum absolute atomic E-state index is 14.6.